The second-order valence-electron chi connectivity index (χ2n) is 7.13. The maximum atomic E-state index is 5.99. The summed E-state index contributed by atoms with van der Waals surface area (Å²) in [5.74, 6) is 1.61. The van der Waals surface area contributed by atoms with E-state index in [0.717, 1.165) is 21.4 Å². The zero-order chi connectivity index (χ0) is 17.2. The lowest BCUT2D eigenvalue weighted by atomic mass is 9.75. The van der Waals surface area contributed by atoms with Crippen LogP contribution >= 0.6 is 15.9 Å². The first-order chi connectivity index (χ1) is 12.0. The van der Waals surface area contributed by atoms with Gasteiger partial charge < -0.3 is 9.31 Å². The molecule has 0 amide bonds. The molecule has 5 rings (SSSR count). The first-order valence-electron chi connectivity index (χ1n) is 8.41. The Hall–Kier alpha value is -2.20. The molecule has 0 aromatic heterocycles. The number of benzene rings is 3. The van der Waals surface area contributed by atoms with Crippen LogP contribution in [0.2, 0.25) is 0 Å². The molecule has 1 aliphatic carbocycles. The van der Waals surface area contributed by atoms with Crippen LogP contribution in [-0.4, -0.2) is 7.12 Å². The maximum Gasteiger partial charge on any atom is 0.632 e. The molecule has 1 heterocycles. The molecule has 0 radical (unpaired) electrons. The summed E-state index contributed by atoms with van der Waals surface area (Å²) in [6.45, 7) is 4.55. The van der Waals surface area contributed by atoms with Crippen LogP contribution in [0.3, 0.4) is 0 Å². The van der Waals surface area contributed by atoms with Gasteiger partial charge in [0.1, 0.15) is 11.5 Å². The van der Waals surface area contributed by atoms with Crippen LogP contribution in [0.5, 0.6) is 11.5 Å². The van der Waals surface area contributed by atoms with E-state index in [0.29, 0.717) is 0 Å². The summed E-state index contributed by atoms with van der Waals surface area (Å²) in [6, 6.07) is 20.9. The van der Waals surface area contributed by atoms with Crippen molar-refractivity contribution in [2.75, 3.05) is 0 Å². The quantitative estimate of drug-likeness (QED) is 0.549. The summed E-state index contributed by atoms with van der Waals surface area (Å²) in [5, 5.41) is 0. The second-order valence-corrected chi connectivity index (χ2v) is 8.05. The van der Waals surface area contributed by atoms with Crippen LogP contribution in [0.25, 0.3) is 11.1 Å². The van der Waals surface area contributed by atoms with E-state index in [1.165, 1.54) is 22.3 Å². The summed E-state index contributed by atoms with van der Waals surface area (Å²) in [6.07, 6.45) is 0. The molecule has 122 valence electrons. The molecular formula is C21H16BBrO2. The summed E-state index contributed by atoms with van der Waals surface area (Å²) in [5.41, 5.74) is 6.29. The van der Waals surface area contributed by atoms with Gasteiger partial charge in [0, 0.05) is 15.4 Å². The van der Waals surface area contributed by atoms with Crippen LogP contribution in [0.4, 0.5) is 0 Å². The Balaban J connectivity index is 1.58. The van der Waals surface area contributed by atoms with Gasteiger partial charge in [-0.1, -0.05) is 66.2 Å². The van der Waals surface area contributed by atoms with Crippen LogP contribution in [0.1, 0.15) is 25.0 Å². The standard InChI is InChI=1S/C21H16BBrO2/c1-21(2)17-11-13(22-24-19-5-3-4-6-20(19)25-22)7-9-15(17)16-10-8-14(23)12-18(16)21/h3-12H,1-2H3. The molecule has 25 heavy (non-hydrogen) atoms. The van der Waals surface area contributed by atoms with Crippen LogP contribution < -0.4 is 14.8 Å². The molecule has 0 saturated carbocycles. The molecule has 0 spiro atoms. The third-order valence-corrected chi connectivity index (χ3v) is 5.74. The highest BCUT2D eigenvalue weighted by molar-refractivity contribution is 9.10. The second kappa shape index (κ2) is 5.15. The number of hydrogen-bond donors (Lipinski definition) is 0. The zero-order valence-electron chi connectivity index (χ0n) is 14.0. The summed E-state index contributed by atoms with van der Waals surface area (Å²) in [7, 11) is -0.381. The molecule has 3 aromatic carbocycles. The monoisotopic (exact) mass is 390 g/mol. The van der Waals surface area contributed by atoms with Crippen LogP contribution in [0.15, 0.2) is 65.1 Å². The molecule has 0 bridgehead atoms. The van der Waals surface area contributed by atoms with Gasteiger partial charge in [0.15, 0.2) is 0 Å². The molecule has 1 aliphatic heterocycles. The lowest BCUT2D eigenvalue weighted by Crippen LogP contribution is -2.39. The average molecular weight is 391 g/mol. The Morgan fingerprint density at radius 1 is 0.800 bits per heavy atom. The van der Waals surface area contributed by atoms with Crippen LogP contribution in [-0.2, 0) is 5.41 Å². The van der Waals surface area contributed by atoms with Gasteiger partial charge in [-0.15, -0.1) is 0 Å². The minimum absolute atomic E-state index is 0.0457. The van der Waals surface area contributed by atoms with Crippen molar-refractivity contribution >= 4 is 28.5 Å². The lowest BCUT2D eigenvalue weighted by molar-refractivity contribution is 0.518. The lowest BCUT2D eigenvalue weighted by Gasteiger charge is -2.22. The topological polar surface area (TPSA) is 18.5 Å². The van der Waals surface area contributed by atoms with Gasteiger partial charge in [-0.2, -0.15) is 0 Å². The number of para-hydroxylation sites is 2. The van der Waals surface area contributed by atoms with Crippen molar-refractivity contribution in [2.45, 2.75) is 19.3 Å². The van der Waals surface area contributed by atoms with Crippen LogP contribution in [0, 0.1) is 0 Å². The fraction of sp³-hybridized carbons (Fsp3) is 0.143. The third kappa shape index (κ3) is 2.17. The first-order valence-corrected chi connectivity index (χ1v) is 9.20. The van der Waals surface area contributed by atoms with Crippen molar-refractivity contribution in [3.05, 3.63) is 76.3 Å². The van der Waals surface area contributed by atoms with E-state index >= 15 is 0 Å². The van der Waals surface area contributed by atoms with Gasteiger partial charge in [-0.3, -0.25) is 0 Å². The van der Waals surface area contributed by atoms with Crippen molar-refractivity contribution in [3.63, 3.8) is 0 Å². The molecule has 0 atom stereocenters. The van der Waals surface area contributed by atoms with E-state index in [1.54, 1.807) is 0 Å². The normalized spacial score (nSPS) is 15.9. The third-order valence-electron chi connectivity index (χ3n) is 5.25. The molecule has 3 aromatic rings. The minimum atomic E-state index is -0.381. The van der Waals surface area contributed by atoms with Crippen molar-refractivity contribution in [2.24, 2.45) is 0 Å². The molecule has 0 saturated heterocycles. The van der Waals surface area contributed by atoms with Crippen molar-refractivity contribution in [1.29, 1.82) is 0 Å². The molecule has 0 N–H and O–H groups in total. The molecule has 0 fully saturated rings. The number of hydrogen-bond acceptors (Lipinski definition) is 2. The molecule has 0 unspecified atom stereocenters. The fourth-order valence-corrected chi connectivity index (χ4v) is 4.27. The summed E-state index contributed by atoms with van der Waals surface area (Å²) < 4.78 is 13.1. The van der Waals surface area contributed by atoms with E-state index in [-0.39, 0.29) is 12.5 Å². The highest BCUT2D eigenvalue weighted by atomic mass is 79.9. The highest BCUT2D eigenvalue weighted by Crippen LogP contribution is 2.49. The number of rotatable bonds is 1. The average Bonchev–Trinajstić information content (AvgIpc) is 3.13. The zero-order valence-corrected chi connectivity index (χ0v) is 15.6. The van der Waals surface area contributed by atoms with E-state index in [1.807, 2.05) is 24.3 Å². The Morgan fingerprint density at radius 3 is 2.08 bits per heavy atom. The number of fused-ring (bicyclic) bond motifs is 4. The van der Waals surface area contributed by atoms with E-state index in [4.69, 9.17) is 9.31 Å². The van der Waals surface area contributed by atoms with Gasteiger partial charge >= 0.3 is 7.12 Å². The smallest absolute Gasteiger partial charge is 0.519 e. The Labute approximate surface area is 156 Å². The van der Waals surface area contributed by atoms with E-state index in [2.05, 4.69) is 66.2 Å². The van der Waals surface area contributed by atoms with Gasteiger partial charge in [0.2, 0.25) is 0 Å². The summed E-state index contributed by atoms with van der Waals surface area (Å²) >= 11 is 3.61. The largest absolute Gasteiger partial charge is 0.632 e. The van der Waals surface area contributed by atoms with Gasteiger partial charge in [-0.25, -0.2) is 0 Å². The van der Waals surface area contributed by atoms with Gasteiger partial charge in [0.25, 0.3) is 0 Å². The molecular weight excluding hydrogens is 375 g/mol. The Kier molecular flexibility index (Phi) is 3.11. The Bertz CT molecular complexity index is 988. The fourth-order valence-electron chi connectivity index (χ4n) is 3.91. The number of halogens is 1. The van der Waals surface area contributed by atoms with E-state index < -0.39 is 0 Å². The predicted octanol–water partition coefficient (Wildman–Crippen LogP) is 4.92. The molecule has 2 nitrogen and oxygen atoms in total. The maximum absolute atomic E-state index is 5.99. The SMILES string of the molecule is CC1(C)c2cc(Br)ccc2-c2ccc(B3Oc4ccccc4O3)cc21. The van der Waals surface area contributed by atoms with Crippen molar-refractivity contribution < 1.29 is 9.31 Å². The molecule has 4 heteroatoms. The minimum Gasteiger partial charge on any atom is -0.519 e. The van der Waals surface area contributed by atoms with Crippen molar-refractivity contribution in [3.8, 4) is 22.6 Å². The molecule has 2 aliphatic rings. The Morgan fingerprint density at radius 2 is 1.40 bits per heavy atom. The van der Waals surface area contributed by atoms with Crippen molar-refractivity contribution in [1.82, 2.24) is 0 Å². The van der Waals surface area contributed by atoms with E-state index in [9.17, 15) is 0 Å². The van der Waals surface area contributed by atoms with Gasteiger partial charge in [0.05, 0.1) is 0 Å². The first kappa shape index (κ1) is 15.1. The highest BCUT2D eigenvalue weighted by Gasteiger charge is 2.39. The summed E-state index contributed by atoms with van der Waals surface area (Å²) in [4.78, 5) is 0. The predicted molar refractivity (Wildman–Crippen MR) is 105 cm³/mol. The van der Waals surface area contributed by atoms with Gasteiger partial charge in [-0.05, 0) is 46.5 Å².